The number of benzene rings is 4. The minimum Gasteiger partial charge on any atom is -0.238 e. The summed E-state index contributed by atoms with van der Waals surface area (Å²) in [5.74, 6) is 0. The molecule has 4 rings (SSSR count). The minimum absolute atomic E-state index is 0.140. The predicted octanol–water partition coefficient (Wildman–Crippen LogP) is 7.15. The quantitative estimate of drug-likeness (QED) is 0.259. The number of nitriles is 3. The Kier molecular flexibility index (Phi) is 5.67. The van der Waals surface area contributed by atoms with Gasteiger partial charge >= 0.3 is 0 Å². The summed E-state index contributed by atoms with van der Waals surface area (Å²) in [5, 5.41) is 27.9. The van der Waals surface area contributed by atoms with Crippen LogP contribution in [0, 0.1) is 40.6 Å². The largest absolute Gasteiger partial charge is 0.238 e. The highest BCUT2D eigenvalue weighted by Crippen LogP contribution is 2.51. The fourth-order valence-electron chi connectivity index (χ4n) is 3.92. The number of nitrogens with zero attached hydrogens (tertiary/aromatic N) is 5. The standard InChI is InChI=1S/C28H16N5/c1-32-24-8-16-28(17-9-24)33(25-10-2-21(18-29)3-11-25,26-12-4-22(19-30)5-13-26)27-14-6-23(20-31)7-15-27/h2-17H/q+1. The second-order valence-corrected chi connectivity index (χ2v) is 7.28. The Labute approximate surface area is 192 Å². The first-order valence-corrected chi connectivity index (χ1v) is 10.0. The van der Waals surface area contributed by atoms with Gasteiger partial charge in [0.15, 0.2) is 5.69 Å². The molecule has 4 aromatic carbocycles. The van der Waals surface area contributed by atoms with Crippen molar-refractivity contribution in [2.45, 2.75) is 0 Å². The minimum atomic E-state index is 0.140. The summed E-state index contributed by atoms with van der Waals surface area (Å²) in [7, 11) is 0. The molecule has 0 saturated carbocycles. The van der Waals surface area contributed by atoms with Crippen molar-refractivity contribution in [3.63, 3.8) is 0 Å². The van der Waals surface area contributed by atoms with E-state index >= 15 is 0 Å². The number of quaternary nitrogens is 1. The Hall–Kier alpha value is -5.20. The van der Waals surface area contributed by atoms with Crippen LogP contribution in [0.3, 0.4) is 0 Å². The monoisotopic (exact) mass is 422 g/mol. The molecule has 0 aliphatic heterocycles. The van der Waals surface area contributed by atoms with Crippen LogP contribution < -0.4 is 4.48 Å². The molecule has 0 heterocycles. The van der Waals surface area contributed by atoms with Gasteiger partial charge in [-0.05, 0) is 48.5 Å². The SMILES string of the molecule is [C-]#[N+]c1ccc([N+](c2ccc(C#N)cc2)(c2ccc(C#N)cc2)c2ccc(C#N)cc2)cc1. The van der Waals surface area contributed by atoms with Crippen molar-refractivity contribution in [2.75, 3.05) is 0 Å². The molecular formula is C28H16N5+. The summed E-state index contributed by atoms with van der Waals surface area (Å²) in [4.78, 5) is 3.51. The van der Waals surface area contributed by atoms with E-state index in [9.17, 15) is 15.8 Å². The van der Waals surface area contributed by atoms with E-state index in [4.69, 9.17) is 6.57 Å². The molecule has 0 aliphatic rings. The van der Waals surface area contributed by atoms with E-state index in [2.05, 4.69) is 23.1 Å². The van der Waals surface area contributed by atoms with E-state index in [0.29, 0.717) is 22.4 Å². The van der Waals surface area contributed by atoms with Crippen molar-refractivity contribution in [3.05, 3.63) is 125 Å². The van der Waals surface area contributed by atoms with Gasteiger partial charge in [-0.25, -0.2) is 4.85 Å². The maximum atomic E-state index is 9.31. The summed E-state index contributed by atoms with van der Waals surface area (Å²) in [6, 6.07) is 35.8. The molecule has 0 amide bonds. The maximum absolute atomic E-state index is 9.31. The van der Waals surface area contributed by atoms with Gasteiger partial charge in [0.1, 0.15) is 22.7 Å². The van der Waals surface area contributed by atoms with Crippen LogP contribution in [0.1, 0.15) is 16.7 Å². The van der Waals surface area contributed by atoms with Crippen molar-refractivity contribution in [1.82, 2.24) is 4.48 Å². The van der Waals surface area contributed by atoms with Gasteiger partial charge in [0.2, 0.25) is 0 Å². The van der Waals surface area contributed by atoms with Gasteiger partial charge in [-0.3, -0.25) is 0 Å². The zero-order valence-corrected chi connectivity index (χ0v) is 17.5. The molecule has 0 aliphatic carbocycles. The van der Waals surface area contributed by atoms with Crippen LogP contribution in [0.4, 0.5) is 28.4 Å². The topological polar surface area (TPSA) is 75.7 Å². The molecule has 0 fully saturated rings. The lowest BCUT2D eigenvalue weighted by Gasteiger charge is -2.37. The van der Waals surface area contributed by atoms with E-state index in [1.54, 1.807) is 48.5 Å². The predicted molar refractivity (Wildman–Crippen MR) is 127 cm³/mol. The van der Waals surface area contributed by atoms with Gasteiger partial charge in [-0.2, -0.15) is 20.3 Å². The molecule has 33 heavy (non-hydrogen) atoms. The fourth-order valence-corrected chi connectivity index (χ4v) is 3.92. The molecule has 0 N–H and O–H groups in total. The Morgan fingerprint density at radius 1 is 0.485 bits per heavy atom. The third-order valence-electron chi connectivity index (χ3n) is 5.52. The average Bonchev–Trinajstić information content (AvgIpc) is 2.90. The normalized spacial score (nSPS) is 10.3. The number of rotatable bonds is 4. The zero-order chi connectivity index (χ0) is 23.3. The van der Waals surface area contributed by atoms with Crippen LogP contribution in [-0.2, 0) is 0 Å². The van der Waals surface area contributed by atoms with Crippen LogP contribution >= 0.6 is 0 Å². The summed E-state index contributed by atoms with van der Waals surface area (Å²) in [6.45, 7) is 7.32. The third-order valence-corrected chi connectivity index (χ3v) is 5.52. The van der Waals surface area contributed by atoms with Crippen LogP contribution in [0.15, 0.2) is 97.1 Å². The van der Waals surface area contributed by atoms with E-state index in [0.717, 1.165) is 22.7 Å². The molecule has 5 nitrogen and oxygen atoms in total. The summed E-state index contributed by atoms with van der Waals surface area (Å²) in [5.41, 5.74) is 5.59. The Morgan fingerprint density at radius 2 is 0.758 bits per heavy atom. The molecule has 152 valence electrons. The van der Waals surface area contributed by atoms with Crippen LogP contribution in [0.25, 0.3) is 4.85 Å². The molecule has 0 saturated heterocycles. The highest BCUT2D eigenvalue weighted by Gasteiger charge is 2.39. The number of hydrogen-bond donors (Lipinski definition) is 0. The Balaban J connectivity index is 2.11. The fraction of sp³-hybridized carbons (Fsp3) is 0. The van der Waals surface area contributed by atoms with Gasteiger partial charge in [-0.1, -0.05) is 12.1 Å². The average molecular weight is 422 g/mol. The lowest BCUT2D eigenvalue weighted by molar-refractivity contribution is 0.703. The first-order chi connectivity index (χ1) is 16.1. The highest BCUT2D eigenvalue weighted by atomic mass is 15.4. The van der Waals surface area contributed by atoms with Crippen LogP contribution in [0.2, 0.25) is 0 Å². The first kappa shape index (κ1) is 21.0. The van der Waals surface area contributed by atoms with Gasteiger partial charge in [0.05, 0.1) is 41.5 Å². The van der Waals surface area contributed by atoms with E-state index in [1.807, 2.05) is 48.5 Å². The molecule has 0 aromatic heterocycles. The van der Waals surface area contributed by atoms with E-state index in [-0.39, 0.29) is 4.48 Å². The molecule has 0 radical (unpaired) electrons. The molecule has 0 atom stereocenters. The number of hydrogen-bond acceptors (Lipinski definition) is 3. The van der Waals surface area contributed by atoms with Crippen molar-refractivity contribution < 1.29 is 0 Å². The van der Waals surface area contributed by atoms with Crippen molar-refractivity contribution in [1.29, 1.82) is 15.8 Å². The Morgan fingerprint density at radius 3 is 1.00 bits per heavy atom. The van der Waals surface area contributed by atoms with Crippen molar-refractivity contribution in [3.8, 4) is 18.2 Å². The van der Waals surface area contributed by atoms with E-state index in [1.165, 1.54) is 0 Å². The summed E-state index contributed by atoms with van der Waals surface area (Å²) < 4.78 is 0.140. The molecule has 0 spiro atoms. The second-order valence-electron chi connectivity index (χ2n) is 7.28. The molecule has 0 bridgehead atoms. The smallest absolute Gasteiger partial charge is 0.187 e. The van der Waals surface area contributed by atoms with Crippen molar-refractivity contribution >= 4 is 28.4 Å². The van der Waals surface area contributed by atoms with Crippen LogP contribution in [-0.4, -0.2) is 0 Å². The van der Waals surface area contributed by atoms with Gasteiger partial charge in [-0.15, -0.1) is 0 Å². The lowest BCUT2D eigenvalue weighted by Crippen LogP contribution is -2.33. The van der Waals surface area contributed by atoms with Gasteiger partial charge < -0.3 is 0 Å². The first-order valence-electron chi connectivity index (χ1n) is 10.0. The molecule has 4 aromatic rings. The lowest BCUT2D eigenvalue weighted by atomic mass is 10.0. The summed E-state index contributed by atoms with van der Waals surface area (Å²) in [6.07, 6.45) is 0. The van der Waals surface area contributed by atoms with Crippen LogP contribution in [0.5, 0.6) is 0 Å². The summed E-state index contributed by atoms with van der Waals surface area (Å²) >= 11 is 0. The maximum Gasteiger partial charge on any atom is 0.187 e. The second kappa shape index (κ2) is 8.89. The third kappa shape index (κ3) is 3.69. The molecule has 5 heteroatoms. The Bertz CT molecular complexity index is 1220. The zero-order valence-electron chi connectivity index (χ0n) is 17.5. The molecule has 0 unspecified atom stereocenters. The van der Waals surface area contributed by atoms with Gasteiger partial charge in [0, 0.05) is 36.4 Å². The van der Waals surface area contributed by atoms with Gasteiger partial charge in [0.25, 0.3) is 0 Å². The van der Waals surface area contributed by atoms with Crippen molar-refractivity contribution in [2.24, 2.45) is 0 Å². The molecular weight excluding hydrogens is 406 g/mol. The van der Waals surface area contributed by atoms with E-state index < -0.39 is 0 Å². The highest BCUT2D eigenvalue weighted by molar-refractivity contribution is 5.82.